The molecule has 1 amide bonds. The minimum absolute atomic E-state index is 0.107. The number of hydrogen-bond acceptors (Lipinski definition) is 4. The van der Waals surface area contributed by atoms with Gasteiger partial charge in [0.25, 0.3) is 11.6 Å². The summed E-state index contributed by atoms with van der Waals surface area (Å²) in [5.74, 6) is -0.700. The SMILES string of the molecule is CN(Cc1ccccc1)[C@@H](NC(=O)c1ccccc1[N+](=O)[O-])C(Cl)(Cl)Cl. The number of nitrogens with one attached hydrogen (secondary N) is 1. The van der Waals surface area contributed by atoms with E-state index >= 15 is 0 Å². The van der Waals surface area contributed by atoms with Crippen molar-refractivity contribution < 1.29 is 9.72 Å². The Kier molecular flexibility index (Phi) is 6.83. The van der Waals surface area contributed by atoms with Gasteiger partial charge in [0, 0.05) is 12.6 Å². The van der Waals surface area contributed by atoms with Crippen LogP contribution in [0.15, 0.2) is 54.6 Å². The number of para-hydroxylation sites is 1. The summed E-state index contributed by atoms with van der Waals surface area (Å²) in [5.41, 5.74) is 0.526. The smallest absolute Gasteiger partial charge is 0.282 e. The highest BCUT2D eigenvalue weighted by atomic mass is 35.6. The van der Waals surface area contributed by atoms with Crippen LogP contribution in [0.4, 0.5) is 5.69 Å². The van der Waals surface area contributed by atoms with Crippen molar-refractivity contribution in [3.05, 3.63) is 75.8 Å². The van der Waals surface area contributed by atoms with Gasteiger partial charge in [0.05, 0.1) is 4.92 Å². The first-order valence-corrected chi connectivity index (χ1v) is 8.68. The quantitative estimate of drug-likeness (QED) is 0.332. The summed E-state index contributed by atoms with van der Waals surface area (Å²) in [6, 6.07) is 15.0. The van der Waals surface area contributed by atoms with Crippen LogP contribution in [0.5, 0.6) is 0 Å². The Labute approximate surface area is 165 Å². The zero-order valence-corrected chi connectivity index (χ0v) is 16.0. The number of carbonyl (C=O) groups is 1. The molecule has 0 aromatic heterocycles. The zero-order chi connectivity index (χ0) is 19.3. The van der Waals surface area contributed by atoms with E-state index in [0.29, 0.717) is 6.54 Å². The number of hydrogen-bond donors (Lipinski definition) is 1. The minimum Gasteiger partial charge on any atom is -0.332 e. The summed E-state index contributed by atoms with van der Waals surface area (Å²) in [5, 5.41) is 13.7. The molecule has 0 radical (unpaired) electrons. The second-order valence-corrected chi connectivity index (χ2v) is 7.96. The van der Waals surface area contributed by atoms with Crippen LogP contribution < -0.4 is 5.32 Å². The highest BCUT2D eigenvalue weighted by Crippen LogP contribution is 2.33. The maximum atomic E-state index is 12.6. The highest BCUT2D eigenvalue weighted by molar-refractivity contribution is 6.68. The molecule has 1 atom stereocenters. The van der Waals surface area contributed by atoms with Gasteiger partial charge < -0.3 is 5.32 Å². The summed E-state index contributed by atoms with van der Waals surface area (Å²) in [7, 11) is 1.68. The predicted molar refractivity (Wildman–Crippen MR) is 103 cm³/mol. The predicted octanol–water partition coefficient (Wildman–Crippen LogP) is 4.15. The first-order chi connectivity index (χ1) is 12.2. The van der Waals surface area contributed by atoms with Crippen molar-refractivity contribution in [1.29, 1.82) is 0 Å². The van der Waals surface area contributed by atoms with Gasteiger partial charge in [0.2, 0.25) is 3.79 Å². The first-order valence-electron chi connectivity index (χ1n) is 7.55. The van der Waals surface area contributed by atoms with Crippen LogP contribution in [0.25, 0.3) is 0 Å². The zero-order valence-electron chi connectivity index (χ0n) is 13.7. The molecule has 0 aliphatic carbocycles. The molecule has 1 N–H and O–H groups in total. The molecule has 26 heavy (non-hydrogen) atoms. The summed E-state index contributed by atoms with van der Waals surface area (Å²) in [6.45, 7) is 0.399. The van der Waals surface area contributed by atoms with Crippen LogP contribution in [0, 0.1) is 10.1 Å². The lowest BCUT2D eigenvalue weighted by molar-refractivity contribution is -0.385. The van der Waals surface area contributed by atoms with Crippen LogP contribution in [0.2, 0.25) is 0 Å². The lowest BCUT2D eigenvalue weighted by atomic mass is 10.1. The van der Waals surface area contributed by atoms with Crippen LogP contribution >= 0.6 is 34.8 Å². The van der Waals surface area contributed by atoms with Crippen molar-refractivity contribution in [1.82, 2.24) is 10.2 Å². The van der Waals surface area contributed by atoms with E-state index in [4.69, 9.17) is 34.8 Å². The van der Waals surface area contributed by atoms with Gasteiger partial charge in [-0.3, -0.25) is 19.8 Å². The maximum Gasteiger partial charge on any atom is 0.282 e. The summed E-state index contributed by atoms with van der Waals surface area (Å²) >= 11 is 18.1. The number of nitro groups is 1. The monoisotopic (exact) mass is 415 g/mol. The van der Waals surface area contributed by atoms with Gasteiger partial charge in [-0.15, -0.1) is 0 Å². The molecule has 2 rings (SSSR count). The van der Waals surface area contributed by atoms with Crippen molar-refractivity contribution in [3.8, 4) is 0 Å². The molecule has 0 saturated heterocycles. The Bertz CT molecular complexity index is 782. The lowest BCUT2D eigenvalue weighted by Gasteiger charge is -2.33. The number of carbonyl (C=O) groups excluding carboxylic acids is 1. The third-order valence-electron chi connectivity index (χ3n) is 3.64. The van der Waals surface area contributed by atoms with Crippen molar-refractivity contribution in [2.75, 3.05) is 7.05 Å². The number of alkyl halides is 3. The van der Waals surface area contributed by atoms with Crippen molar-refractivity contribution in [2.45, 2.75) is 16.5 Å². The van der Waals surface area contributed by atoms with E-state index in [2.05, 4.69) is 5.32 Å². The molecule has 138 valence electrons. The van der Waals surface area contributed by atoms with Gasteiger partial charge in [-0.05, 0) is 18.7 Å². The molecule has 0 bridgehead atoms. The third kappa shape index (κ3) is 5.32. The van der Waals surface area contributed by atoms with Gasteiger partial charge in [0.15, 0.2) is 0 Å². The first kappa shape index (κ1) is 20.5. The van der Waals surface area contributed by atoms with E-state index in [1.165, 1.54) is 24.3 Å². The van der Waals surface area contributed by atoms with E-state index in [1.54, 1.807) is 11.9 Å². The van der Waals surface area contributed by atoms with Crippen molar-refractivity contribution in [3.63, 3.8) is 0 Å². The van der Waals surface area contributed by atoms with E-state index in [-0.39, 0.29) is 11.3 Å². The second kappa shape index (κ2) is 8.68. The minimum atomic E-state index is -1.84. The molecule has 0 fully saturated rings. The number of amides is 1. The Morgan fingerprint density at radius 3 is 2.31 bits per heavy atom. The van der Waals surface area contributed by atoms with Crippen LogP contribution in [-0.4, -0.2) is 32.7 Å². The van der Waals surface area contributed by atoms with Crippen LogP contribution in [0.1, 0.15) is 15.9 Å². The van der Waals surface area contributed by atoms with Crippen LogP contribution in [-0.2, 0) is 6.54 Å². The molecule has 2 aromatic rings. The molecule has 0 aliphatic rings. The second-order valence-electron chi connectivity index (χ2n) is 5.59. The Morgan fingerprint density at radius 1 is 1.15 bits per heavy atom. The number of nitrogens with zero attached hydrogens (tertiary/aromatic N) is 2. The average molecular weight is 417 g/mol. The number of nitro benzene ring substituents is 1. The lowest BCUT2D eigenvalue weighted by Crippen LogP contribution is -2.53. The topological polar surface area (TPSA) is 75.5 Å². The highest BCUT2D eigenvalue weighted by Gasteiger charge is 2.38. The molecule has 0 spiro atoms. The van der Waals surface area contributed by atoms with Crippen LogP contribution in [0.3, 0.4) is 0 Å². The van der Waals surface area contributed by atoms with Gasteiger partial charge in [-0.1, -0.05) is 77.3 Å². The number of rotatable bonds is 6. The molecule has 6 nitrogen and oxygen atoms in total. The van der Waals surface area contributed by atoms with Gasteiger partial charge in [-0.2, -0.15) is 0 Å². The Morgan fingerprint density at radius 2 is 1.73 bits per heavy atom. The van der Waals surface area contributed by atoms with Gasteiger partial charge in [0.1, 0.15) is 11.7 Å². The van der Waals surface area contributed by atoms with E-state index in [1.807, 2.05) is 30.3 Å². The molecule has 0 saturated carbocycles. The average Bonchev–Trinajstić information content (AvgIpc) is 2.59. The molecular formula is C17H16Cl3N3O3. The molecule has 9 heteroatoms. The molecule has 0 unspecified atom stereocenters. The molecular weight excluding hydrogens is 401 g/mol. The molecule has 0 heterocycles. The fourth-order valence-electron chi connectivity index (χ4n) is 2.43. The fraction of sp³-hybridized carbons (Fsp3) is 0.235. The van der Waals surface area contributed by atoms with Gasteiger partial charge in [-0.25, -0.2) is 0 Å². The summed E-state index contributed by atoms with van der Waals surface area (Å²) in [6.07, 6.45) is -1.000. The summed E-state index contributed by atoms with van der Waals surface area (Å²) < 4.78 is -1.84. The van der Waals surface area contributed by atoms with E-state index < -0.39 is 20.8 Å². The van der Waals surface area contributed by atoms with Gasteiger partial charge >= 0.3 is 0 Å². The third-order valence-corrected chi connectivity index (χ3v) is 4.26. The maximum absolute atomic E-state index is 12.6. The fourth-order valence-corrected chi connectivity index (χ4v) is 3.09. The van der Waals surface area contributed by atoms with Crippen molar-refractivity contribution >= 4 is 46.4 Å². The van der Waals surface area contributed by atoms with E-state index in [9.17, 15) is 14.9 Å². The summed E-state index contributed by atoms with van der Waals surface area (Å²) in [4.78, 5) is 24.7. The normalized spacial score (nSPS) is 12.7. The largest absolute Gasteiger partial charge is 0.332 e. The standard InChI is InChI=1S/C17H16Cl3N3O3/c1-22(11-12-7-3-2-4-8-12)16(17(18,19)20)21-15(24)13-9-5-6-10-14(13)23(25)26/h2-10,16H,11H2,1H3,(H,21,24)/t16-/m1/s1. The Balaban J connectivity index is 2.23. The number of benzene rings is 2. The molecule has 2 aromatic carbocycles. The van der Waals surface area contributed by atoms with E-state index in [0.717, 1.165) is 5.56 Å². The Hall–Kier alpha value is -1.86. The molecule has 0 aliphatic heterocycles. The van der Waals surface area contributed by atoms with Crippen molar-refractivity contribution in [2.24, 2.45) is 0 Å². The number of halogens is 3.